The molecular formula is C21H25FN2O4. The molecule has 0 aliphatic heterocycles. The smallest absolute Gasteiger partial charge is 0.261 e. The summed E-state index contributed by atoms with van der Waals surface area (Å²) >= 11 is 0. The van der Waals surface area contributed by atoms with Crippen molar-refractivity contribution in [2.75, 3.05) is 26.9 Å². The summed E-state index contributed by atoms with van der Waals surface area (Å²) < 4.78 is 23.6. The van der Waals surface area contributed by atoms with Gasteiger partial charge in [0.2, 0.25) is 5.91 Å². The number of methoxy groups -OCH3 is 1. The van der Waals surface area contributed by atoms with Crippen molar-refractivity contribution in [2.24, 2.45) is 0 Å². The van der Waals surface area contributed by atoms with Gasteiger partial charge in [-0.15, -0.1) is 0 Å². The minimum atomic E-state index is -0.728. The number of ether oxygens (including phenoxy) is 2. The van der Waals surface area contributed by atoms with E-state index in [4.69, 9.17) is 9.47 Å². The van der Waals surface area contributed by atoms with E-state index in [0.717, 1.165) is 0 Å². The minimum Gasteiger partial charge on any atom is -0.484 e. The molecule has 2 amide bonds. The molecule has 0 fully saturated rings. The Hall–Kier alpha value is -2.93. The number of para-hydroxylation sites is 1. The molecule has 0 saturated carbocycles. The van der Waals surface area contributed by atoms with E-state index in [1.165, 1.54) is 17.0 Å². The van der Waals surface area contributed by atoms with Crippen molar-refractivity contribution in [1.82, 2.24) is 10.2 Å². The summed E-state index contributed by atoms with van der Waals surface area (Å²) in [6.07, 6.45) is 0. The molecule has 2 aromatic rings. The average molecular weight is 388 g/mol. The van der Waals surface area contributed by atoms with Crippen molar-refractivity contribution in [3.8, 4) is 5.75 Å². The van der Waals surface area contributed by atoms with Gasteiger partial charge in [-0.05, 0) is 36.8 Å². The largest absolute Gasteiger partial charge is 0.484 e. The van der Waals surface area contributed by atoms with Crippen LogP contribution in [0, 0.1) is 5.82 Å². The Morgan fingerprint density at radius 1 is 1.11 bits per heavy atom. The highest BCUT2D eigenvalue weighted by molar-refractivity contribution is 5.87. The fourth-order valence-corrected chi connectivity index (χ4v) is 2.54. The second-order valence-electron chi connectivity index (χ2n) is 6.21. The molecule has 1 N–H and O–H groups in total. The lowest BCUT2D eigenvalue weighted by atomic mass is 10.1. The van der Waals surface area contributed by atoms with Crippen LogP contribution in [0.5, 0.6) is 5.75 Å². The molecule has 6 nitrogen and oxygen atoms in total. The number of hydrogen-bond donors (Lipinski definition) is 1. The molecule has 0 unspecified atom stereocenters. The molecule has 0 radical (unpaired) electrons. The van der Waals surface area contributed by atoms with Gasteiger partial charge in [0.05, 0.1) is 6.61 Å². The second kappa shape index (κ2) is 11.0. The third-order valence-corrected chi connectivity index (χ3v) is 4.14. The second-order valence-corrected chi connectivity index (χ2v) is 6.21. The summed E-state index contributed by atoms with van der Waals surface area (Å²) in [7, 11) is 1.54. The molecule has 1 atom stereocenters. The number of nitrogens with one attached hydrogen (secondary N) is 1. The molecule has 28 heavy (non-hydrogen) atoms. The van der Waals surface area contributed by atoms with Gasteiger partial charge in [0.1, 0.15) is 17.6 Å². The summed E-state index contributed by atoms with van der Waals surface area (Å²) in [5.41, 5.74) is 0.714. The molecule has 150 valence electrons. The standard InChI is InChI=1S/C21H25FN2O4/c1-16(21(26)23-12-13-27-2)24(14-17-8-10-18(22)11-9-17)20(25)15-28-19-6-4-3-5-7-19/h3-11,16H,12-15H2,1-2H3,(H,23,26)/t16-/m0/s1. The average Bonchev–Trinajstić information content (AvgIpc) is 2.72. The first kappa shape index (κ1) is 21.4. The lowest BCUT2D eigenvalue weighted by molar-refractivity contribution is -0.142. The van der Waals surface area contributed by atoms with Gasteiger partial charge in [0.25, 0.3) is 5.91 Å². The molecule has 0 aliphatic rings. The van der Waals surface area contributed by atoms with E-state index >= 15 is 0 Å². The Morgan fingerprint density at radius 3 is 2.43 bits per heavy atom. The molecule has 7 heteroatoms. The van der Waals surface area contributed by atoms with Gasteiger partial charge in [0.15, 0.2) is 6.61 Å². The maximum atomic E-state index is 13.2. The van der Waals surface area contributed by atoms with Crippen LogP contribution in [0.15, 0.2) is 54.6 Å². The monoisotopic (exact) mass is 388 g/mol. The Morgan fingerprint density at radius 2 is 1.79 bits per heavy atom. The topological polar surface area (TPSA) is 67.9 Å². The summed E-state index contributed by atoms with van der Waals surface area (Å²) in [5.74, 6) is -0.441. The van der Waals surface area contributed by atoms with Gasteiger partial charge in [-0.2, -0.15) is 0 Å². The predicted molar refractivity (Wildman–Crippen MR) is 103 cm³/mol. The third kappa shape index (κ3) is 6.66. The van der Waals surface area contributed by atoms with Crippen molar-refractivity contribution >= 4 is 11.8 Å². The van der Waals surface area contributed by atoms with Gasteiger partial charge in [-0.1, -0.05) is 30.3 Å². The van der Waals surface area contributed by atoms with Crippen LogP contribution in [0.25, 0.3) is 0 Å². The van der Waals surface area contributed by atoms with Gasteiger partial charge >= 0.3 is 0 Å². The Balaban J connectivity index is 2.08. The Bertz CT molecular complexity index is 753. The molecule has 0 saturated heterocycles. The van der Waals surface area contributed by atoms with E-state index in [-0.39, 0.29) is 30.8 Å². The minimum absolute atomic E-state index is 0.163. The molecule has 0 bridgehead atoms. The summed E-state index contributed by atoms with van der Waals surface area (Å²) in [6, 6.07) is 14.0. The third-order valence-electron chi connectivity index (χ3n) is 4.14. The zero-order valence-electron chi connectivity index (χ0n) is 16.1. The number of halogens is 1. The molecule has 2 aromatic carbocycles. The van der Waals surface area contributed by atoms with Crippen molar-refractivity contribution in [3.05, 3.63) is 66.0 Å². The summed E-state index contributed by atoms with van der Waals surface area (Å²) in [5, 5.41) is 2.73. The normalized spacial score (nSPS) is 11.5. The van der Waals surface area contributed by atoms with E-state index in [9.17, 15) is 14.0 Å². The first-order valence-electron chi connectivity index (χ1n) is 8.99. The highest BCUT2D eigenvalue weighted by atomic mass is 19.1. The van der Waals surface area contributed by atoms with E-state index in [0.29, 0.717) is 24.5 Å². The van der Waals surface area contributed by atoms with Crippen LogP contribution >= 0.6 is 0 Å². The molecule has 0 aliphatic carbocycles. The van der Waals surface area contributed by atoms with Crippen LogP contribution in [0.2, 0.25) is 0 Å². The van der Waals surface area contributed by atoms with Crippen LogP contribution in [-0.2, 0) is 20.9 Å². The van der Waals surface area contributed by atoms with E-state index in [1.807, 2.05) is 18.2 Å². The first-order valence-corrected chi connectivity index (χ1v) is 8.99. The fourth-order valence-electron chi connectivity index (χ4n) is 2.54. The number of carbonyl (C=O) groups is 2. The summed E-state index contributed by atoms with van der Waals surface area (Å²) in [4.78, 5) is 26.6. The maximum absolute atomic E-state index is 13.2. The van der Waals surface area contributed by atoms with Crippen LogP contribution in [-0.4, -0.2) is 49.6 Å². The number of nitrogens with zero attached hydrogens (tertiary/aromatic N) is 1. The van der Waals surface area contributed by atoms with Crippen LogP contribution < -0.4 is 10.1 Å². The fraction of sp³-hybridized carbons (Fsp3) is 0.333. The zero-order chi connectivity index (χ0) is 20.4. The van der Waals surface area contributed by atoms with Gasteiger partial charge < -0.3 is 19.7 Å². The van der Waals surface area contributed by atoms with Crippen molar-refractivity contribution in [2.45, 2.75) is 19.5 Å². The highest BCUT2D eigenvalue weighted by Crippen LogP contribution is 2.13. The van der Waals surface area contributed by atoms with Gasteiger partial charge in [-0.25, -0.2) is 4.39 Å². The number of hydrogen-bond acceptors (Lipinski definition) is 4. The van der Waals surface area contributed by atoms with Crippen LogP contribution in [0.1, 0.15) is 12.5 Å². The molecular weight excluding hydrogens is 363 g/mol. The van der Waals surface area contributed by atoms with Crippen molar-refractivity contribution in [3.63, 3.8) is 0 Å². The van der Waals surface area contributed by atoms with Gasteiger partial charge in [-0.3, -0.25) is 9.59 Å². The van der Waals surface area contributed by atoms with Crippen LogP contribution in [0.3, 0.4) is 0 Å². The quantitative estimate of drug-likeness (QED) is 0.635. The molecule has 0 aromatic heterocycles. The lowest BCUT2D eigenvalue weighted by Crippen LogP contribution is -2.49. The summed E-state index contributed by atoms with van der Waals surface area (Å²) in [6.45, 7) is 2.32. The Labute approximate surface area is 164 Å². The molecule has 0 heterocycles. The van der Waals surface area contributed by atoms with Crippen LogP contribution in [0.4, 0.5) is 4.39 Å². The van der Waals surface area contributed by atoms with E-state index in [1.54, 1.807) is 38.3 Å². The number of amides is 2. The van der Waals surface area contributed by atoms with Gasteiger partial charge in [0, 0.05) is 20.2 Å². The SMILES string of the molecule is COCCNC(=O)[C@H](C)N(Cc1ccc(F)cc1)C(=O)COc1ccccc1. The van der Waals surface area contributed by atoms with E-state index in [2.05, 4.69) is 5.32 Å². The Kier molecular flexibility index (Phi) is 8.42. The number of carbonyl (C=O) groups excluding carboxylic acids is 2. The lowest BCUT2D eigenvalue weighted by Gasteiger charge is -2.28. The van der Waals surface area contributed by atoms with Crippen molar-refractivity contribution in [1.29, 1.82) is 0 Å². The first-order chi connectivity index (χ1) is 13.5. The highest BCUT2D eigenvalue weighted by Gasteiger charge is 2.26. The zero-order valence-corrected chi connectivity index (χ0v) is 16.1. The number of rotatable bonds is 10. The van der Waals surface area contributed by atoms with E-state index < -0.39 is 6.04 Å². The maximum Gasteiger partial charge on any atom is 0.261 e. The predicted octanol–water partition coefficient (Wildman–Crippen LogP) is 2.38. The van der Waals surface area contributed by atoms with Crippen molar-refractivity contribution < 1.29 is 23.5 Å². The molecule has 0 spiro atoms. The number of benzene rings is 2. The molecule has 2 rings (SSSR count).